The molecule has 0 atom stereocenters. The number of halogens is 1. The molecule has 2 aromatic rings. The van der Waals surface area contributed by atoms with Crippen LogP contribution in [0.4, 0.5) is 4.39 Å². The molecular formula is C14H11FO3. The fraction of sp³-hybridized carbons (Fsp3) is 0.0714. The number of carbonyl (C=O) groups is 1. The van der Waals surface area contributed by atoms with Crippen LogP contribution in [0.1, 0.15) is 10.4 Å². The van der Waals surface area contributed by atoms with Crippen molar-refractivity contribution in [3.05, 3.63) is 53.8 Å². The van der Waals surface area contributed by atoms with Crippen LogP contribution in [0.25, 0.3) is 11.1 Å². The molecule has 0 aliphatic carbocycles. The summed E-state index contributed by atoms with van der Waals surface area (Å²) in [6.45, 7) is 0. The molecule has 0 radical (unpaired) electrons. The van der Waals surface area contributed by atoms with Crippen LogP contribution in [0.15, 0.2) is 42.5 Å². The Hall–Kier alpha value is -2.36. The van der Waals surface area contributed by atoms with Crippen molar-refractivity contribution in [2.24, 2.45) is 0 Å². The Kier molecular flexibility index (Phi) is 3.28. The Bertz CT molecular complexity index is 593. The molecule has 18 heavy (non-hydrogen) atoms. The average molecular weight is 246 g/mol. The molecule has 0 aromatic heterocycles. The van der Waals surface area contributed by atoms with Crippen LogP contribution in [0.2, 0.25) is 0 Å². The second-order valence-corrected chi connectivity index (χ2v) is 3.70. The van der Waals surface area contributed by atoms with Gasteiger partial charge in [-0.2, -0.15) is 0 Å². The molecule has 4 heteroatoms. The van der Waals surface area contributed by atoms with E-state index in [1.54, 1.807) is 24.3 Å². The molecule has 1 N–H and O–H groups in total. The largest absolute Gasteiger partial charge is 0.507 e. The quantitative estimate of drug-likeness (QED) is 0.828. The number of phenolic OH excluding ortho intramolecular Hbond substituents is 1. The predicted molar refractivity (Wildman–Crippen MR) is 64.8 cm³/mol. The summed E-state index contributed by atoms with van der Waals surface area (Å²) in [5.41, 5.74) is 0.917. The average Bonchev–Trinajstić information content (AvgIpc) is 2.38. The molecule has 0 saturated heterocycles. The third-order valence-electron chi connectivity index (χ3n) is 2.59. The first-order valence-electron chi connectivity index (χ1n) is 5.29. The number of hydrogen-bond donors (Lipinski definition) is 1. The minimum Gasteiger partial charge on any atom is -0.507 e. The predicted octanol–water partition coefficient (Wildman–Crippen LogP) is 2.98. The highest BCUT2D eigenvalue weighted by atomic mass is 19.1. The Morgan fingerprint density at radius 2 is 1.94 bits per heavy atom. The minimum absolute atomic E-state index is 0.0533. The van der Waals surface area contributed by atoms with Gasteiger partial charge in [-0.3, -0.25) is 0 Å². The van der Waals surface area contributed by atoms with Gasteiger partial charge in [0.05, 0.1) is 7.11 Å². The Morgan fingerprint density at radius 1 is 1.22 bits per heavy atom. The van der Waals surface area contributed by atoms with Gasteiger partial charge in [0.15, 0.2) is 0 Å². The lowest BCUT2D eigenvalue weighted by Crippen LogP contribution is -2.01. The Labute approximate surface area is 103 Å². The Morgan fingerprint density at radius 3 is 2.56 bits per heavy atom. The van der Waals surface area contributed by atoms with E-state index in [0.29, 0.717) is 11.1 Å². The summed E-state index contributed by atoms with van der Waals surface area (Å²) in [5.74, 6) is -1.25. The maximum atomic E-state index is 13.6. The van der Waals surface area contributed by atoms with E-state index >= 15 is 0 Å². The lowest BCUT2D eigenvalue weighted by Gasteiger charge is -2.07. The van der Waals surface area contributed by atoms with Crippen LogP contribution in [0, 0.1) is 5.82 Å². The highest BCUT2D eigenvalue weighted by Gasteiger charge is 2.13. The van der Waals surface area contributed by atoms with Crippen LogP contribution in [0.3, 0.4) is 0 Å². The van der Waals surface area contributed by atoms with Crippen molar-refractivity contribution >= 4 is 5.97 Å². The molecule has 2 aromatic carbocycles. The number of methoxy groups -OCH3 is 1. The monoisotopic (exact) mass is 246 g/mol. The van der Waals surface area contributed by atoms with Gasteiger partial charge in [0.25, 0.3) is 0 Å². The van der Waals surface area contributed by atoms with Crippen LogP contribution < -0.4 is 0 Å². The standard InChI is InChI=1S/C14H11FO3/c1-18-14(17)11-7-6-9(8-13(11)16)10-4-2-3-5-12(10)15/h2-8,16H,1H3. The molecule has 0 heterocycles. The molecule has 3 nitrogen and oxygen atoms in total. The summed E-state index contributed by atoms with van der Waals surface area (Å²) in [4.78, 5) is 11.3. The van der Waals surface area contributed by atoms with Crippen LogP contribution >= 0.6 is 0 Å². The molecule has 0 bridgehead atoms. The molecule has 0 aliphatic heterocycles. The molecule has 0 amide bonds. The van der Waals surface area contributed by atoms with Gasteiger partial charge in [-0.15, -0.1) is 0 Å². The number of rotatable bonds is 2. The van der Waals surface area contributed by atoms with E-state index in [9.17, 15) is 14.3 Å². The van der Waals surface area contributed by atoms with Gasteiger partial charge in [0.2, 0.25) is 0 Å². The van der Waals surface area contributed by atoms with Gasteiger partial charge in [0.1, 0.15) is 17.1 Å². The van der Waals surface area contributed by atoms with Crippen molar-refractivity contribution in [3.8, 4) is 16.9 Å². The minimum atomic E-state index is -0.632. The molecule has 0 fully saturated rings. The van der Waals surface area contributed by atoms with Gasteiger partial charge in [-0.25, -0.2) is 9.18 Å². The lowest BCUT2D eigenvalue weighted by atomic mass is 10.0. The number of aromatic hydroxyl groups is 1. The summed E-state index contributed by atoms with van der Waals surface area (Å²) in [6.07, 6.45) is 0. The first-order valence-corrected chi connectivity index (χ1v) is 5.29. The zero-order valence-corrected chi connectivity index (χ0v) is 9.68. The lowest BCUT2D eigenvalue weighted by molar-refractivity contribution is 0.0597. The summed E-state index contributed by atoms with van der Waals surface area (Å²) in [7, 11) is 1.23. The normalized spacial score (nSPS) is 10.1. The SMILES string of the molecule is COC(=O)c1ccc(-c2ccccc2F)cc1O. The maximum Gasteiger partial charge on any atom is 0.341 e. The van der Waals surface area contributed by atoms with Gasteiger partial charge in [-0.1, -0.05) is 24.3 Å². The van der Waals surface area contributed by atoms with E-state index in [1.165, 1.54) is 25.3 Å². The van der Waals surface area contributed by atoms with E-state index in [0.717, 1.165) is 0 Å². The number of benzene rings is 2. The van der Waals surface area contributed by atoms with Crippen molar-refractivity contribution in [3.63, 3.8) is 0 Å². The molecular weight excluding hydrogens is 235 g/mol. The Balaban J connectivity index is 2.47. The second kappa shape index (κ2) is 4.87. The molecule has 0 aliphatic rings. The zero-order chi connectivity index (χ0) is 13.1. The number of phenols is 1. The van der Waals surface area contributed by atoms with Crippen molar-refractivity contribution in [1.82, 2.24) is 0 Å². The first kappa shape index (κ1) is 12.1. The second-order valence-electron chi connectivity index (χ2n) is 3.70. The van der Waals surface area contributed by atoms with Crippen molar-refractivity contribution in [2.75, 3.05) is 7.11 Å². The van der Waals surface area contributed by atoms with E-state index in [2.05, 4.69) is 4.74 Å². The first-order chi connectivity index (χ1) is 8.63. The van der Waals surface area contributed by atoms with E-state index in [-0.39, 0.29) is 17.1 Å². The number of carbonyl (C=O) groups excluding carboxylic acids is 1. The van der Waals surface area contributed by atoms with Gasteiger partial charge < -0.3 is 9.84 Å². The number of esters is 1. The molecule has 2 rings (SSSR count). The van der Waals surface area contributed by atoms with Crippen LogP contribution in [-0.2, 0) is 4.74 Å². The van der Waals surface area contributed by atoms with E-state index < -0.39 is 5.97 Å². The maximum absolute atomic E-state index is 13.6. The smallest absolute Gasteiger partial charge is 0.341 e. The third-order valence-corrected chi connectivity index (χ3v) is 2.59. The van der Waals surface area contributed by atoms with Gasteiger partial charge in [0, 0.05) is 5.56 Å². The summed E-state index contributed by atoms with van der Waals surface area (Å²) >= 11 is 0. The fourth-order valence-corrected chi connectivity index (χ4v) is 1.68. The third kappa shape index (κ3) is 2.18. The summed E-state index contributed by atoms with van der Waals surface area (Å²) < 4.78 is 18.1. The summed E-state index contributed by atoms with van der Waals surface area (Å²) in [6, 6.07) is 10.5. The highest BCUT2D eigenvalue weighted by Crippen LogP contribution is 2.28. The molecule has 0 saturated carbocycles. The van der Waals surface area contributed by atoms with Crippen molar-refractivity contribution in [1.29, 1.82) is 0 Å². The number of hydrogen-bond acceptors (Lipinski definition) is 3. The molecule has 92 valence electrons. The van der Waals surface area contributed by atoms with Gasteiger partial charge >= 0.3 is 5.97 Å². The van der Waals surface area contributed by atoms with Crippen molar-refractivity contribution < 1.29 is 19.0 Å². The van der Waals surface area contributed by atoms with Crippen molar-refractivity contribution in [2.45, 2.75) is 0 Å². The van der Waals surface area contributed by atoms with E-state index in [4.69, 9.17) is 0 Å². The molecule has 0 unspecified atom stereocenters. The zero-order valence-electron chi connectivity index (χ0n) is 9.68. The fourth-order valence-electron chi connectivity index (χ4n) is 1.68. The summed E-state index contributed by atoms with van der Waals surface area (Å²) in [5, 5.41) is 9.72. The van der Waals surface area contributed by atoms with E-state index in [1.807, 2.05) is 0 Å². The van der Waals surface area contributed by atoms with Gasteiger partial charge in [-0.05, 0) is 23.8 Å². The highest BCUT2D eigenvalue weighted by molar-refractivity contribution is 5.93. The topological polar surface area (TPSA) is 46.5 Å². The van der Waals surface area contributed by atoms with Crippen LogP contribution in [0.5, 0.6) is 5.75 Å². The number of ether oxygens (including phenoxy) is 1. The molecule has 0 spiro atoms. The van der Waals surface area contributed by atoms with Crippen LogP contribution in [-0.4, -0.2) is 18.2 Å².